The van der Waals surface area contributed by atoms with E-state index in [9.17, 15) is 14.7 Å². The van der Waals surface area contributed by atoms with Crippen LogP contribution in [0.2, 0.25) is 0 Å². The Balaban J connectivity index is 1.87. The number of aryl methyl sites for hydroxylation is 1. The van der Waals surface area contributed by atoms with Crippen LogP contribution in [-0.4, -0.2) is 29.4 Å². The molecule has 5 nitrogen and oxygen atoms in total. The van der Waals surface area contributed by atoms with Gasteiger partial charge in [-0.25, -0.2) is 0 Å². The highest BCUT2D eigenvalue weighted by atomic mass is 16.3. The lowest BCUT2D eigenvalue weighted by atomic mass is 10.0. The highest BCUT2D eigenvalue weighted by Crippen LogP contribution is 2.17. The smallest absolute Gasteiger partial charge is 0.248 e. The van der Waals surface area contributed by atoms with E-state index in [1.165, 1.54) is 6.08 Å². The summed E-state index contributed by atoms with van der Waals surface area (Å²) in [5, 5.41) is 16.4. The van der Waals surface area contributed by atoms with E-state index in [1.54, 1.807) is 24.3 Å². The molecule has 5 heteroatoms. The van der Waals surface area contributed by atoms with Crippen LogP contribution in [0.4, 0.5) is 5.69 Å². The molecule has 0 heterocycles. The molecule has 0 aliphatic rings. The normalized spacial score (nSPS) is 12.7. The summed E-state index contributed by atoms with van der Waals surface area (Å²) >= 11 is 0. The van der Waals surface area contributed by atoms with Gasteiger partial charge in [0.2, 0.25) is 5.91 Å². The minimum atomic E-state index is -0.640. The summed E-state index contributed by atoms with van der Waals surface area (Å²) in [6, 6.07) is 14.5. The molecule has 2 aromatic carbocycles. The van der Waals surface area contributed by atoms with E-state index in [0.717, 1.165) is 16.7 Å². The number of Topliss-reactive ketones (excluding diaryl/α,β-unsaturated/α-hetero) is 1. The molecular formula is C24H30N2O3. The van der Waals surface area contributed by atoms with Crippen LogP contribution in [0.1, 0.15) is 54.8 Å². The standard InChI is InChI=1S/C24H30N2O3/c1-16(2)14-23(28)26-21-7-5-6-20(15-21)22(27)12-13-25-18(4)24(29)19-10-8-17(3)9-11-19/h5-11,14-15,18,24-25,29H,12-13H2,1-4H3,(H,26,28). The molecule has 0 aliphatic heterocycles. The molecule has 2 aromatic rings. The zero-order valence-electron chi connectivity index (χ0n) is 17.5. The molecule has 2 unspecified atom stereocenters. The number of carbonyl (C=O) groups excluding carboxylic acids is 2. The van der Waals surface area contributed by atoms with E-state index in [0.29, 0.717) is 24.2 Å². The third-order valence-corrected chi connectivity index (χ3v) is 4.58. The van der Waals surface area contributed by atoms with Gasteiger partial charge < -0.3 is 15.7 Å². The molecule has 0 saturated heterocycles. The van der Waals surface area contributed by atoms with E-state index in [1.807, 2.05) is 52.0 Å². The third-order valence-electron chi connectivity index (χ3n) is 4.58. The van der Waals surface area contributed by atoms with E-state index < -0.39 is 6.10 Å². The number of aliphatic hydroxyl groups excluding tert-OH is 1. The first-order valence-corrected chi connectivity index (χ1v) is 9.83. The molecule has 3 N–H and O–H groups in total. The van der Waals surface area contributed by atoms with Crippen molar-refractivity contribution in [2.24, 2.45) is 0 Å². The summed E-state index contributed by atoms with van der Waals surface area (Å²) in [5.74, 6) is -0.233. The molecule has 1 amide bonds. The minimum absolute atomic E-state index is 0.0205. The lowest BCUT2D eigenvalue weighted by Crippen LogP contribution is -2.33. The maximum absolute atomic E-state index is 12.5. The zero-order valence-corrected chi connectivity index (χ0v) is 17.5. The first-order valence-electron chi connectivity index (χ1n) is 9.83. The Morgan fingerprint density at radius 2 is 1.79 bits per heavy atom. The number of anilines is 1. The third kappa shape index (κ3) is 7.29. The van der Waals surface area contributed by atoms with Crippen molar-refractivity contribution in [1.29, 1.82) is 0 Å². The molecule has 154 valence electrons. The predicted octanol–water partition coefficient (Wildman–Crippen LogP) is 4.18. The van der Waals surface area contributed by atoms with Gasteiger partial charge in [0.15, 0.2) is 5.78 Å². The van der Waals surface area contributed by atoms with Gasteiger partial charge >= 0.3 is 0 Å². The van der Waals surface area contributed by atoms with Crippen LogP contribution in [0, 0.1) is 6.92 Å². The molecule has 29 heavy (non-hydrogen) atoms. The van der Waals surface area contributed by atoms with Crippen LogP contribution in [0.3, 0.4) is 0 Å². The zero-order chi connectivity index (χ0) is 21.4. The largest absolute Gasteiger partial charge is 0.387 e. The van der Waals surface area contributed by atoms with Gasteiger partial charge in [-0.05, 0) is 45.4 Å². The Labute approximate surface area is 172 Å². The van der Waals surface area contributed by atoms with Gasteiger partial charge in [0.25, 0.3) is 0 Å². The molecule has 0 radical (unpaired) electrons. The fourth-order valence-corrected chi connectivity index (χ4v) is 2.93. The van der Waals surface area contributed by atoms with E-state index in [4.69, 9.17) is 0 Å². The van der Waals surface area contributed by atoms with Crippen LogP contribution in [0.25, 0.3) is 0 Å². The van der Waals surface area contributed by atoms with Crippen LogP contribution < -0.4 is 10.6 Å². The number of hydrogen-bond donors (Lipinski definition) is 3. The molecule has 0 saturated carbocycles. The Kier molecular flexibility index (Phi) is 8.31. The number of benzene rings is 2. The summed E-state index contributed by atoms with van der Waals surface area (Å²) in [5.41, 5.74) is 4.04. The predicted molar refractivity (Wildman–Crippen MR) is 117 cm³/mol. The maximum atomic E-state index is 12.5. The quantitative estimate of drug-likeness (QED) is 0.440. The average molecular weight is 395 g/mol. The van der Waals surface area contributed by atoms with Gasteiger partial charge in [-0.2, -0.15) is 0 Å². The molecule has 0 spiro atoms. The number of rotatable bonds is 9. The van der Waals surface area contributed by atoms with Crippen molar-refractivity contribution in [3.05, 3.63) is 76.9 Å². The van der Waals surface area contributed by atoms with Crippen molar-refractivity contribution in [3.63, 3.8) is 0 Å². The second-order valence-corrected chi connectivity index (χ2v) is 7.56. The molecular weight excluding hydrogens is 364 g/mol. The molecule has 0 aliphatic carbocycles. The minimum Gasteiger partial charge on any atom is -0.387 e. The molecule has 2 atom stereocenters. The van der Waals surface area contributed by atoms with Crippen LogP contribution in [0.5, 0.6) is 0 Å². The molecule has 0 bridgehead atoms. The fraction of sp³-hybridized carbons (Fsp3) is 0.333. The highest BCUT2D eigenvalue weighted by Gasteiger charge is 2.16. The van der Waals surface area contributed by atoms with Crippen molar-refractivity contribution in [2.75, 3.05) is 11.9 Å². The fourth-order valence-electron chi connectivity index (χ4n) is 2.93. The molecule has 0 fully saturated rings. The second kappa shape index (κ2) is 10.7. The number of hydrogen-bond acceptors (Lipinski definition) is 4. The van der Waals surface area contributed by atoms with Crippen LogP contribution >= 0.6 is 0 Å². The lowest BCUT2D eigenvalue weighted by molar-refractivity contribution is -0.111. The first-order chi connectivity index (χ1) is 13.8. The average Bonchev–Trinajstić information content (AvgIpc) is 2.67. The van der Waals surface area contributed by atoms with Crippen LogP contribution in [-0.2, 0) is 4.79 Å². The monoisotopic (exact) mass is 394 g/mol. The van der Waals surface area contributed by atoms with Crippen molar-refractivity contribution < 1.29 is 14.7 Å². The Bertz CT molecular complexity index is 868. The summed E-state index contributed by atoms with van der Waals surface area (Å²) in [6.07, 6.45) is 1.18. The van der Waals surface area contributed by atoms with Crippen molar-refractivity contribution in [1.82, 2.24) is 5.32 Å². The number of carbonyl (C=O) groups is 2. The molecule has 0 aromatic heterocycles. The Morgan fingerprint density at radius 1 is 1.10 bits per heavy atom. The number of ketones is 1. The lowest BCUT2D eigenvalue weighted by Gasteiger charge is -2.20. The highest BCUT2D eigenvalue weighted by molar-refractivity contribution is 6.01. The number of allylic oxidation sites excluding steroid dienone is 1. The summed E-state index contributed by atoms with van der Waals surface area (Å²) < 4.78 is 0. The topological polar surface area (TPSA) is 78.4 Å². The number of amides is 1. The van der Waals surface area contributed by atoms with E-state index in [2.05, 4.69) is 10.6 Å². The Hall–Kier alpha value is -2.76. The number of aliphatic hydroxyl groups is 1. The van der Waals surface area contributed by atoms with Gasteiger partial charge in [0.1, 0.15) is 0 Å². The van der Waals surface area contributed by atoms with Crippen molar-refractivity contribution in [3.8, 4) is 0 Å². The summed E-state index contributed by atoms with van der Waals surface area (Å²) in [7, 11) is 0. The molecule has 2 rings (SSSR count). The Morgan fingerprint density at radius 3 is 2.45 bits per heavy atom. The van der Waals surface area contributed by atoms with Crippen LogP contribution in [0.15, 0.2) is 60.2 Å². The second-order valence-electron chi connectivity index (χ2n) is 7.56. The van der Waals surface area contributed by atoms with Gasteiger partial charge in [0, 0.05) is 36.3 Å². The van der Waals surface area contributed by atoms with E-state index >= 15 is 0 Å². The maximum Gasteiger partial charge on any atom is 0.248 e. The number of nitrogens with one attached hydrogen (secondary N) is 2. The van der Waals surface area contributed by atoms with Crippen molar-refractivity contribution in [2.45, 2.75) is 46.3 Å². The van der Waals surface area contributed by atoms with Gasteiger partial charge in [-0.15, -0.1) is 0 Å². The van der Waals surface area contributed by atoms with Crippen molar-refractivity contribution >= 4 is 17.4 Å². The van der Waals surface area contributed by atoms with Gasteiger partial charge in [-0.3, -0.25) is 9.59 Å². The summed E-state index contributed by atoms with van der Waals surface area (Å²) in [6.45, 7) is 8.06. The summed E-state index contributed by atoms with van der Waals surface area (Å²) in [4.78, 5) is 24.3. The van der Waals surface area contributed by atoms with E-state index in [-0.39, 0.29) is 17.7 Å². The van der Waals surface area contributed by atoms with Gasteiger partial charge in [-0.1, -0.05) is 47.5 Å². The first kappa shape index (κ1) is 22.5. The SMILES string of the molecule is CC(C)=CC(=O)Nc1cccc(C(=O)CCNC(C)C(O)c2ccc(C)cc2)c1. The van der Waals surface area contributed by atoms with Gasteiger partial charge in [0.05, 0.1) is 6.10 Å².